The van der Waals surface area contributed by atoms with Gasteiger partial charge in [-0.3, -0.25) is 9.59 Å². The topological polar surface area (TPSA) is 51.5 Å². The van der Waals surface area contributed by atoms with E-state index >= 15 is 0 Å². The molecular weight excluding hydrogens is 292 g/mol. The molecule has 0 N–H and O–H groups in total. The van der Waals surface area contributed by atoms with E-state index in [0.717, 1.165) is 37.7 Å². The van der Waals surface area contributed by atoms with Crippen LogP contribution in [-0.2, 0) is 6.54 Å². The number of pyridine rings is 1. The Hall–Kier alpha value is -2.30. The van der Waals surface area contributed by atoms with Crippen molar-refractivity contribution in [3.05, 3.63) is 40.3 Å². The zero-order valence-corrected chi connectivity index (χ0v) is 13.7. The minimum absolute atomic E-state index is 0.0437. The third kappa shape index (κ3) is 2.83. The highest BCUT2D eigenvalue weighted by molar-refractivity contribution is 5.97. The van der Waals surface area contributed by atoms with E-state index in [0.29, 0.717) is 23.4 Å². The van der Waals surface area contributed by atoms with E-state index in [4.69, 9.17) is 4.74 Å². The first-order valence-corrected chi connectivity index (χ1v) is 8.16. The Labute approximate surface area is 135 Å². The maximum atomic E-state index is 12.8. The fourth-order valence-electron chi connectivity index (χ4n) is 3.17. The van der Waals surface area contributed by atoms with E-state index in [-0.39, 0.29) is 11.5 Å². The summed E-state index contributed by atoms with van der Waals surface area (Å²) in [7, 11) is 1.59. The molecule has 3 rings (SSSR count). The molecule has 0 spiro atoms. The molecule has 2 aromatic rings. The Morgan fingerprint density at radius 2 is 1.96 bits per heavy atom. The molecule has 5 nitrogen and oxygen atoms in total. The fraction of sp³-hybridized carbons (Fsp3) is 0.444. The van der Waals surface area contributed by atoms with Gasteiger partial charge < -0.3 is 14.2 Å². The number of benzene rings is 1. The van der Waals surface area contributed by atoms with Crippen molar-refractivity contribution in [3.63, 3.8) is 0 Å². The van der Waals surface area contributed by atoms with Crippen molar-refractivity contribution < 1.29 is 9.53 Å². The Bertz CT molecular complexity index is 789. The maximum absolute atomic E-state index is 12.8. The summed E-state index contributed by atoms with van der Waals surface area (Å²) in [5.74, 6) is 0.641. The van der Waals surface area contributed by atoms with Gasteiger partial charge in [0, 0.05) is 25.0 Å². The number of likely N-dealkylation sites (tertiary alicyclic amines) is 1. The molecule has 1 saturated heterocycles. The van der Waals surface area contributed by atoms with E-state index in [2.05, 4.69) is 0 Å². The zero-order valence-electron chi connectivity index (χ0n) is 13.7. The quantitative estimate of drug-likeness (QED) is 0.872. The standard InChI is InChI=1S/C18H22N2O3/c1-3-8-20-16(18(22)19-9-4-5-10-19)12-13-11-14(23-2)6-7-15(13)17(20)21/h6-7,11-12H,3-5,8-10H2,1-2H3. The molecule has 1 aliphatic rings. The van der Waals surface area contributed by atoms with Gasteiger partial charge in [0.1, 0.15) is 11.4 Å². The summed E-state index contributed by atoms with van der Waals surface area (Å²) in [6.07, 6.45) is 2.87. The molecule has 1 aromatic carbocycles. The second-order valence-corrected chi connectivity index (χ2v) is 5.94. The first kappa shape index (κ1) is 15.6. The number of carbonyl (C=O) groups excluding carboxylic acids is 1. The second kappa shape index (κ2) is 6.44. The highest BCUT2D eigenvalue weighted by atomic mass is 16.5. The van der Waals surface area contributed by atoms with Gasteiger partial charge in [-0.05, 0) is 48.9 Å². The van der Waals surface area contributed by atoms with E-state index < -0.39 is 0 Å². The molecule has 0 saturated carbocycles. The van der Waals surface area contributed by atoms with Gasteiger partial charge in [0.15, 0.2) is 0 Å². The van der Waals surface area contributed by atoms with E-state index in [1.807, 2.05) is 24.0 Å². The molecule has 23 heavy (non-hydrogen) atoms. The van der Waals surface area contributed by atoms with Crippen molar-refractivity contribution >= 4 is 16.7 Å². The highest BCUT2D eigenvalue weighted by Crippen LogP contribution is 2.21. The van der Waals surface area contributed by atoms with Crippen LogP contribution in [0.1, 0.15) is 36.7 Å². The van der Waals surface area contributed by atoms with E-state index in [1.165, 1.54) is 0 Å². The van der Waals surface area contributed by atoms with Gasteiger partial charge in [0.2, 0.25) is 0 Å². The highest BCUT2D eigenvalue weighted by Gasteiger charge is 2.23. The van der Waals surface area contributed by atoms with E-state index in [9.17, 15) is 9.59 Å². The molecule has 1 aliphatic heterocycles. The monoisotopic (exact) mass is 314 g/mol. The number of hydrogen-bond donors (Lipinski definition) is 0. The number of rotatable bonds is 4. The first-order chi connectivity index (χ1) is 11.2. The lowest BCUT2D eigenvalue weighted by molar-refractivity contribution is 0.0780. The molecule has 0 unspecified atom stereocenters. The maximum Gasteiger partial charge on any atom is 0.270 e. The van der Waals surface area contributed by atoms with Crippen LogP contribution in [0.4, 0.5) is 0 Å². The van der Waals surface area contributed by atoms with E-state index in [1.54, 1.807) is 23.8 Å². The molecule has 0 radical (unpaired) electrons. The Balaban J connectivity index is 2.18. The van der Waals surface area contributed by atoms with Crippen LogP contribution in [0, 0.1) is 0 Å². The molecule has 1 aromatic heterocycles. The summed E-state index contributed by atoms with van der Waals surface area (Å²) in [6.45, 7) is 4.11. The van der Waals surface area contributed by atoms with Crippen LogP contribution in [-0.4, -0.2) is 35.6 Å². The second-order valence-electron chi connectivity index (χ2n) is 5.94. The Morgan fingerprint density at radius 1 is 1.22 bits per heavy atom. The lowest BCUT2D eigenvalue weighted by atomic mass is 10.1. The van der Waals surface area contributed by atoms with Crippen molar-refractivity contribution in [2.24, 2.45) is 0 Å². The number of fused-ring (bicyclic) bond motifs is 1. The summed E-state index contributed by atoms with van der Waals surface area (Å²) in [5.41, 5.74) is 0.383. The minimum atomic E-state index is -0.102. The van der Waals surface area contributed by atoms with Gasteiger partial charge in [0.25, 0.3) is 11.5 Å². The molecule has 2 heterocycles. The van der Waals surface area contributed by atoms with Gasteiger partial charge in [-0.25, -0.2) is 0 Å². The summed E-state index contributed by atoms with van der Waals surface area (Å²) in [5, 5.41) is 1.38. The molecule has 5 heteroatoms. The Morgan fingerprint density at radius 3 is 2.61 bits per heavy atom. The molecule has 1 fully saturated rings. The van der Waals surface area contributed by atoms with Crippen LogP contribution in [0.15, 0.2) is 29.1 Å². The van der Waals surface area contributed by atoms with Crippen molar-refractivity contribution in [1.29, 1.82) is 0 Å². The van der Waals surface area contributed by atoms with Gasteiger partial charge in [0.05, 0.1) is 7.11 Å². The molecule has 0 bridgehead atoms. The number of aromatic nitrogens is 1. The van der Waals surface area contributed by atoms with Crippen LogP contribution in [0.3, 0.4) is 0 Å². The average Bonchev–Trinajstić information content (AvgIpc) is 3.10. The smallest absolute Gasteiger partial charge is 0.270 e. The third-order valence-electron chi connectivity index (χ3n) is 4.38. The third-order valence-corrected chi connectivity index (χ3v) is 4.38. The molecule has 0 atom stereocenters. The lowest BCUT2D eigenvalue weighted by Gasteiger charge is -2.19. The van der Waals surface area contributed by atoms with Gasteiger partial charge in [-0.15, -0.1) is 0 Å². The largest absolute Gasteiger partial charge is 0.497 e. The number of nitrogens with zero attached hydrogens (tertiary/aromatic N) is 2. The normalized spacial score (nSPS) is 14.4. The summed E-state index contributed by atoms with van der Waals surface area (Å²) in [4.78, 5) is 27.5. The number of amides is 1. The van der Waals surface area contributed by atoms with Crippen LogP contribution < -0.4 is 10.3 Å². The number of hydrogen-bond acceptors (Lipinski definition) is 3. The SMILES string of the molecule is CCCn1c(C(=O)N2CCCC2)cc2cc(OC)ccc2c1=O. The van der Waals surface area contributed by atoms with Crippen molar-refractivity contribution in [2.45, 2.75) is 32.7 Å². The summed E-state index contributed by atoms with van der Waals surface area (Å²) < 4.78 is 6.86. The molecule has 0 aliphatic carbocycles. The lowest BCUT2D eigenvalue weighted by Crippen LogP contribution is -2.34. The van der Waals surface area contributed by atoms with Crippen molar-refractivity contribution in [2.75, 3.05) is 20.2 Å². The number of carbonyl (C=O) groups is 1. The molecule has 122 valence electrons. The van der Waals surface area contributed by atoms with Gasteiger partial charge >= 0.3 is 0 Å². The number of methoxy groups -OCH3 is 1. The predicted molar refractivity (Wildman–Crippen MR) is 90.2 cm³/mol. The van der Waals surface area contributed by atoms with Crippen molar-refractivity contribution in [3.8, 4) is 5.75 Å². The minimum Gasteiger partial charge on any atom is -0.497 e. The first-order valence-electron chi connectivity index (χ1n) is 8.16. The van der Waals surface area contributed by atoms with Crippen LogP contribution >= 0.6 is 0 Å². The van der Waals surface area contributed by atoms with Crippen LogP contribution in [0.25, 0.3) is 10.8 Å². The molecule has 1 amide bonds. The summed E-state index contributed by atoms with van der Waals surface area (Å²) >= 11 is 0. The fourth-order valence-corrected chi connectivity index (χ4v) is 3.17. The zero-order chi connectivity index (χ0) is 16.4. The van der Waals surface area contributed by atoms with Gasteiger partial charge in [-0.2, -0.15) is 0 Å². The van der Waals surface area contributed by atoms with Crippen LogP contribution in [0.5, 0.6) is 5.75 Å². The Kier molecular flexibility index (Phi) is 4.37. The predicted octanol–water partition coefficient (Wildman–Crippen LogP) is 2.66. The number of ether oxygens (including phenoxy) is 1. The summed E-state index contributed by atoms with van der Waals surface area (Å²) in [6, 6.07) is 7.19. The van der Waals surface area contributed by atoms with Crippen LogP contribution in [0.2, 0.25) is 0 Å². The van der Waals surface area contributed by atoms with Gasteiger partial charge in [-0.1, -0.05) is 6.92 Å². The van der Waals surface area contributed by atoms with Crippen molar-refractivity contribution in [1.82, 2.24) is 9.47 Å². The average molecular weight is 314 g/mol. The molecular formula is C18H22N2O3.